The molecule has 4 heteroatoms. The van der Waals surface area contributed by atoms with E-state index in [1.807, 2.05) is 19.2 Å². The monoisotopic (exact) mass is 262 g/mol. The molecule has 0 aliphatic rings. The van der Waals surface area contributed by atoms with E-state index in [4.69, 9.17) is 0 Å². The van der Waals surface area contributed by atoms with Gasteiger partial charge in [-0.2, -0.15) is 0 Å². The molecule has 2 aromatic heterocycles. The molecule has 2 atom stereocenters. The first-order chi connectivity index (χ1) is 8.59. The van der Waals surface area contributed by atoms with E-state index in [0.29, 0.717) is 6.04 Å². The Hall–Kier alpha value is -1.39. The molecule has 0 spiro atoms. The first-order valence-electron chi connectivity index (χ1n) is 6.00. The topological polar surface area (TPSA) is 36.4 Å². The Labute approximate surface area is 112 Å². The highest BCUT2D eigenvalue weighted by Crippen LogP contribution is 2.27. The average molecular weight is 262 g/mol. The smallest absolute Gasteiger partial charge is 0.128 e. The van der Waals surface area contributed by atoms with E-state index < -0.39 is 6.10 Å². The van der Waals surface area contributed by atoms with Crippen molar-refractivity contribution >= 4 is 17.2 Å². The van der Waals surface area contributed by atoms with Crippen LogP contribution in [-0.4, -0.2) is 17.1 Å². The van der Waals surface area contributed by atoms with Crippen LogP contribution in [0, 0.1) is 0 Å². The Bertz CT molecular complexity index is 479. The minimum absolute atomic E-state index is 0.301. The van der Waals surface area contributed by atoms with Crippen LogP contribution in [0.4, 0.5) is 5.82 Å². The van der Waals surface area contributed by atoms with Gasteiger partial charge in [-0.15, -0.1) is 11.3 Å². The van der Waals surface area contributed by atoms with Crippen molar-refractivity contribution in [3.8, 4) is 0 Å². The van der Waals surface area contributed by atoms with Crippen molar-refractivity contribution < 1.29 is 5.11 Å². The van der Waals surface area contributed by atoms with Gasteiger partial charge in [-0.1, -0.05) is 12.1 Å². The molecule has 2 rings (SSSR count). The summed E-state index contributed by atoms with van der Waals surface area (Å²) in [5.74, 6) is 0.917. The molecule has 18 heavy (non-hydrogen) atoms. The van der Waals surface area contributed by atoms with Gasteiger partial charge in [0.25, 0.3) is 0 Å². The van der Waals surface area contributed by atoms with Crippen LogP contribution < -0.4 is 4.90 Å². The second kappa shape index (κ2) is 5.50. The molecule has 0 aliphatic heterocycles. The number of aliphatic hydroxyl groups is 1. The van der Waals surface area contributed by atoms with Crippen LogP contribution in [0.3, 0.4) is 0 Å². The molecule has 0 radical (unpaired) electrons. The van der Waals surface area contributed by atoms with Crippen LogP contribution in [0.15, 0.2) is 35.8 Å². The Morgan fingerprint density at radius 2 is 2.06 bits per heavy atom. The first kappa shape index (κ1) is 13.1. The largest absolute Gasteiger partial charge is 0.389 e. The van der Waals surface area contributed by atoms with Crippen LogP contribution in [0.25, 0.3) is 0 Å². The first-order valence-corrected chi connectivity index (χ1v) is 6.88. The summed E-state index contributed by atoms with van der Waals surface area (Å²) in [5.41, 5.74) is 0.843. The molecule has 2 aromatic rings. The zero-order chi connectivity index (χ0) is 13.1. The van der Waals surface area contributed by atoms with Crippen molar-refractivity contribution in [2.24, 2.45) is 0 Å². The minimum Gasteiger partial charge on any atom is -0.389 e. The molecule has 0 fully saturated rings. The molecule has 3 nitrogen and oxygen atoms in total. The van der Waals surface area contributed by atoms with E-state index >= 15 is 0 Å². The maximum atomic E-state index is 9.46. The summed E-state index contributed by atoms with van der Waals surface area (Å²) < 4.78 is 0. The quantitative estimate of drug-likeness (QED) is 0.917. The summed E-state index contributed by atoms with van der Waals surface area (Å²) in [6.45, 7) is 3.91. The fraction of sp³-hybridized carbons (Fsp3) is 0.357. The lowest BCUT2D eigenvalue weighted by molar-refractivity contribution is 0.199. The SMILES string of the molecule is CC(c1cccs1)N(C)c1ccc([C@H](C)O)cn1. The summed E-state index contributed by atoms with van der Waals surface area (Å²) in [4.78, 5) is 7.86. The molecule has 1 N–H and O–H groups in total. The van der Waals surface area contributed by atoms with Crippen LogP contribution in [0.2, 0.25) is 0 Å². The van der Waals surface area contributed by atoms with Crippen LogP contribution >= 0.6 is 11.3 Å². The van der Waals surface area contributed by atoms with Gasteiger partial charge in [0.1, 0.15) is 5.82 Å². The molecule has 0 amide bonds. The Kier molecular flexibility index (Phi) is 3.99. The third-order valence-electron chi connectivity index (χ3n) is 3.15. The number of rotatable bonds is 4. The van der Waals surface area contributed by atoms with Gasteiger partial charge in [-0.25, -0.2) is 4.98 Å². The van der Waals surface area contributed by atoms with Crippen LogP contribution in [-0.2, 0) is 0 Å². The maximum absolute atomic E-state index is 9.46. The van der Waals surface area contributed by atoms with Gasteiger partial charge in [-0.3, -0.25) is 0 Å². The summed E-state index contributed by atoms with van der Waals surface area (Å²) in [5, 5.41) is 11.5. The van der Waals surface area contributed by atoms with E-state index in [1.165, 1.54) is 4.88 Å². The van der Waals surface area contributed by atoms with Gasteiger partial charge >= 0.3 is 0 Å². The summed E-state index contributed by atoms with van der Waals surface area (Å²) in [7, 11) is 2.04. The van der Waals surface area contributed by atoms with Gasteiger partial charge in [0.05, 0.1) is 12.1 Å². The lowest BCUT2D eigenvalue weighted by atomic mass is 10.2. The van der Waals surface area contributed by atoms with Crippen molar-refractivity contribution in [2.45, 2.75) is 26.0 Å². The highest BCUT2D eigenvalue weighted by Gasteiger charge is 2.14. The lowest BCUT2D eigenvalue weighted by Crippen LogP contribution is -2.21. The number of hydrogen-bond donors (Lipinski definition) is 1. The Morgan fingerprint density at radius 3 is 2.56 bits per heavy atom. The number of aromatic nitrogens is 1. The second-order valence-electron chi connectivity index (χ2n) is 4.43. The zero-order valence-corrected chi connectivity index (χ0v) is 11.7. The predicted octanol–water partition coefficient (Wildman–Crippen LogP) is 3.39. The third kappa shape index (κ3) is 2.71. The van der Waals surface area contributed by atoms with Crippen molar-refractivity contribution in [3.05, 3.63) is 46.3 Å². The predicted molar refractivity (Wildman–Crippen MR) is 76.0 cm³/mol. The van der Waals surface area contributed by atoms with Crippen molar-refractivity contribution in [2.75, 3.05) is 11.9 Å². The number of nitrogens with zero attached hydrogens (tertiary/aromatic N) is 2. The van der Waals surface area contributed by atoms with Gasteiger partial charge in [0, 0.05) is 18.1 Å². The Balaban J connectivity index is 2.16. The van der Waals surface area contributed by atoms with Crippen LogP contribution in [0.1, 0.15) is 36.4 Å². The molecule has 0 aromatic carbocycles. The molecular formula is C14H18N2OS. The van der Waals surface area contributed by atoms with Gasteiger partial charge < -0.3 is 10.0 Å². The van der Waals surface area contributed by atoms with Gasteiger partial charge in [0.15, 0.2) is 0 Å². The van der Waals surface area contributed by atoms with Gasteiger partial charge in [-0.05, 0) is 36.9 Å². The molecule has 0 bridgehead atoms. The van der Waals surface area contributed by atoms with E-state index in [0.717, 1.165) is 11.4 Å². The standard InChI is InChI=1S/C14H18N2OS/c1-10(13-5-4-8-18-13)16(3)14-7-6-12(9-15-14)11(2)17/h4-11,17H,1-3H3/t10?,11-/m0/s1. The second-order valence-corrected chi connectivity index (χ2v) is 5.41. The number of pyridine rings is 1. The fourth-order valence-electron chi connectivity index (χ4n) is 1.77. The van der Waals surface area contributed by atoms with E-state index in [1.54, 1.807) is 24.5 Å². The highest BCUT2D eigenvalue weighted by atomic mass is 32.1. The number of aliphatic hydroxyl groups excluding tert-OH is 1. The van der Waals surface area contributed by atoms with Crippen molar-refractivity contribution in [1.82, 2.24) is 4.98 Å². The maximum Gasteiger partial charge on any atom is 0.128 e. The fourth-order valence-corrected chi connectivity index (χ4v) is 2.60. The molecule has 0 saturated heterocycles. The summed E-state index contributed by atoms with van der Waals surface area (Å²) in [6, 6.07) is 8.37. The number of anilines is 1. The molecule has 0 saturated carbocycles. The van der Waals surface area contributed by atoms with Gasteiger partial charge in [0.2, 0.25) is 0 Å². The molecule has 0 aliphatic carbocycles. The highest BCUT2D eigenvalue weighted by molar-refractivity contribution is 7.10. The number of hydrogen-bond acceptors (Lipinski definition) is 4. The lowest BCUT2D eigenvalue weighted by Gasteiger charge is -2.25. The summed E-state index contributed by atoms with van der Waals surface area (Å²) in [6.07, 6.45) is 1.27. The minimum atomic E-state index is -0.466. The van der Waals surface area contributed by atoms with Crippen molar-refractivity contribution in [3.63, 3.8) is 0 Å². The van der Waals surface area contributed by atoms with E-state index in [2.05, 4.69) is 34.3 Å². The molecule has 2 heterocycles. The summed E-state index contributed by atoms with van der Waals surface area (Å²) >= 11 is 1.75. The van der Waals surface area contributed by atoms with Crippen molar-refractivity contribution in [1.29, 1.82) is 0 Å². The molecule has 1 unspecified atom stereocenters. The molecular weight excluding hydrogens is 244 g/mol. The molecule has 96 valence electrons. The Morgan fingerprint density at radius 1 is 1.28 bits per heavy atom. The number of thiophene rings is 1. The third-order valence-corrected chi connectivity index (χ3v) is 4.19. The van der Waals surface area contributed by atoms with E-state index in [9.17, 15) is 5.11 Å². The van der Waals surface area contributed by atoms with Crippen LogP contribution in [0.5, 0.6) is 0 Å². The average Bonchev–Trinajstić information content (AvgIpc) is 2.91. The van der Waals surface area contributed by atoms with E-state index in [-0.39, 0.29) is 0 Å². The normalized spacial score (nSPS) is 14.2. The zero-order valence-electron chi connectivity index (χ0n) is 10.9.